The number of rotatable bonds is 6. The second-order valence-corrected chi connectivity index (χ2v) is 6.70. The van der Waals surface area contributed by atoms with Gasteiger partial charge in [-0.3, -0.25) is 14.5 Å². The number of hydrogen-bond donors (Lipinski definition) is 2. The maximum Gasteiger partial charge on any atom is 0.411 e. The molecular formula is C21H22FN3O4. The van der Waals surface area contributed by atoms with Gasteiger partial charge in [-0.2, -0.15) is 0 Å². The molecule has 2 atom stereocenters. The van der Waals surface area contributed by atoms with E-state index < -0.39 is 18.2 Å². The zero-order valence-electron chi connectivity index (χ0n) is 16.1. The van der Waals surface area contributed by atoms with Crippen LogP contribution in [0.1, 0.15) is 31.1 Å². The van der Waals surface area contributed by atoms with E-state index in [1.807, 2.05) is 0 Å². The molecule has 1 saturated heterocycles. The van der Waals surface area contributed by atoms with E-state index in [-0.39, 0.29) is 24.2 Å². The predicted octanol–water partition coefficient (Wildman–Crippen LogP) is 2.98. The Labute approximate surface area is 167 Å². The van der Waals surface area contributed by atoms with E-state index in [0.717, 1.165) is 0 Å². The fraction of sp³-hybridized carbons (Fsp3) is 0.286. The summed E-state index contributed by atoms with van der Waals surface area (Å²) in [5.74, 6) is -0.915. The van der Waals surface area contributed by atoms with Crippen LogP contribution in [0.15, 0.2) is 48.5 Å². The first-order chi connectivity index (χ1) is 13.9. The first-order valence-corrected chi connectivity index (χ1v) is 9.26. The Morgan fingerprint density at radius 1 is 1.10 bits per heavy atom. The number of cyclic esters (lactones) is 1. The van der Waals surface area contributed by atoms with Crippen molar-refractivity contribution in [3.05, 3.63) is 65.5 Å². The minimum atomic E-state index is -0.876. The van der Waals surface area contributed by atoms with E-state index in [1.165, 1.54) is 24.0 Å². The highest BCUT2D eigenvalue weighted by atomic mass is 19.1. The third-order valence-electron chi connectivity index (χ3n) is 4.53. The molecule has 8 heteroatoms. The van der Waals surface area contributed by atoms with Crippen molar-refractivity contribution in [2.75, 3.05) is 11.9 Å². The molecule has 2 aromatic rings. The average molecular weight is 399 g/mol. The first-order valence-electron chi connectivity index (χ1n) is 9.26. The highest BCUT2D eigenvalue weighted by molar-refractivity contribution is 5.90. The number of halogens is 1. The number of carbonyl (C=O) groups is 3. The van der Waals surface area contributed by atoms with Crippen molar-refractivity contribution in [3.63, 3.8) is 0 Å². The third kappa shape index (κ3) is 4.71. The van der Waals surface area contributed by atoms with Gasteiger partial charge in [0, 0.05) is 19.2 Å². The predicted molar refractivity (Wildman–Crippen MR) is 104 cm³/mol. The Balaban J connectivity index is 1.87. The number of hydrogen-bond acceptors (Lipinski definition) is 4. The van der Waals surface area contributed by atoms with Gasteiger partial charge in [0.25, 0.3) is 0 Å². The van der Waals surface area contributed by atoms with Gasteiger partial charge in [0.1, 0.15) is 5.82 Å². The minimum Gasteiger partial charge on any atom is -0.438 e. The van der Waals surface area contributed by atoms with Crippen LogP contribution in [0.25, 0.3) is 0 Å². The molecule has 0 radical (unpaired) electrons. The lowest BCUT2D eigenvalue weighted by Crippen LogP contribution is -2.46. The van der Waals surface area contributed by atoms with Crippen molar-refractivity contribution in [1.29, 1.82) is 0 Å². The molecule has 2 N–H and O–H groups in total. The monoisotopic (exact) mass is 399 g/mol. The summed E-state index contributed by atoms with van der Waals surface area (Å²) in [6, 6.07) is 11.6. The molecule has 29 heavy (non-hydrogen) atoms. The molecule has 1 aliphatic heterocycles. The Kier molecular flexibility index (Phi) is 6.11. The maximum absolute atomic E-state index is 13.2. The third-order valence-corrected chi connectivity index (χ3v) is 4.53. The first kappa shape index (κ1) is 20.3. The smallest absolute Gasteiger partial charge is 0.411 e. The summed E-state index contributed by atoms with van der Waals surface area (Å²) < 4.78 is 18.7. The van der Waals surface area contributed by atoms with E-state index in [4.69, 9.17) is 4.74 Å². The number of amides is 3. The fourth-order valence-electron chi connectivity index (χ4n) is 3.23. The zero-order chi connectivity index (χ0) is 21.0. The Morgan fingerprint density at radius 2 is 1.76 bits per heavy atom. The molecule has 7 nitrogen and oxygen atoms in total. The maximum atomic E-state index is 13.2. The topological polar surface area (TPSA) is 87.7 Å². The number of anilines is 1. The standard InChI is InChI=1S/C21H22FN3O4/c1-3-23-20(27)18-19(15-6-10-17(11-7-15)24-13(2)26)29-21(28)25(18)12-14-4-8-16(22)9-5-14/h4-11,18-19H,3,12H2,1-2H3,(H,23,27)(H,24,26). The highest BCUT2D eigenvalue weighted by Crippen LogP contribution is 2.34. The Bertz CT molecular complexity index is 899. The van der Waals surface area contributed by atoms with E-state index in [1.54, 1.807) is 43.3 Å². The number of ether oxygens (including phenoxy) is 1. The van der Waals surface area contributed by atoms with Crippen molar-refractivity contribution in [1.82, 2.24) is 10.2 Å². The van der Waals surface area contributed by atoms with Gasteiger partial charge in [-0.1, -0.05) is 24.3 Å². The number of likely N-dealkylation sites (N-methyl/N-ethyl adjacent to an activating group) is 1. The second kappa shape index (κ2) is 8.72. The molecule has 1 aliphatic rings. The van der Waals surface area contributed by atoms with E-state index in [0.29, 0.717) is 23.4 Å². The summed E-state index contributed by atoms with van der Waals surface area (Å²) in [6.07, 6.45) is -1.43. The summed E-state index contributed by atoms with van der Waals surface area (Å²) in [5, 5.41) is 5.40. The van der Waals surface area contributed by atoms with Gasteiger partial charge in [-0.15, -0.1) is 0 Å². The zero-order valence-corrected chi connectivity index (χ0v) is 16.1. The van der Waals surface area contributed by atoms with Crippen LogP contribution >= 0.6 is 0 Å². The number of carbonyl (C=O) groups excluding carboxylic acids is 3. The van der Waals surface area contributed by atoms with Crippen LogP contribution in [0.4, 0.5) is 14.9 Å². The van der Waals surface area contributed by atoms with Gasteiger partial charge in [-0.25, -0.2) is 9.18 Å². The SMILES string of the molecule is CCNC(=O)C1C(c2ccc(NC(C)=O)cc2)OC(=O)N1Cc1ccc(F)cc1. The highest BCUT2D eigenvalue weighted by Gasteiger charge is 2.46. The molecule has 0 aliphatic carbocycles. The summed E-state index contributed by atoms with van der Waals surface area (Å²) in [5.41, 5.74) is 1.91. The van der Waals surface area contributed by atoms with Crippen LogP contribution in [0.5, 0.6) is 0 Å². The van der Waals surface area contributed by atoms with E-state index >= 15 is 0 Å². The lowest BCUT2D eigenvalue weighted by Gasteiger charge is -2.24. The Morgan fingerprint density at radius 3 is 2.34 bits per heavy atom. The van der Waals surface area contributed by atoms with Crippen LogP contribution in [0.2, 0.25) is 0 Å². The van der Waals surface area contributed by atoms with Gasteiger partial charge < -0.3 is 15.4 Å². The molecule has 152 valence electrons. The van der Waals surface area contributed by atoms with Crippen LogP contribution in [-0.2, 0) is 20.9 Å². The molecule has 0 aromatic heterocycles. The van der Waals surface area contributed by atoms with Crippen molar-refractivity contribution < 1.29 is 23.5 Å². The van der Waals surface area contributed by atoms with E-state index in [2.05, 4.69) is 10.6 Å². The van der Waals surface area contributed by atoms with Crippen LogP contribution in [0.3, 0.4) is 0 Å². The normalized spacial score (nSPS) is 18.3. The summed E-state index contributed by atoms with van der Waals surface area (Å²) in [4.78, 5) is 37.8. The van der Waals surface area contributed by atoms with Gasteiger partial charge in [0.2, 0.25) is 11.8 Å². The van der Waals surface area contributed by atoms with Crippen molar-refractivity contribution in [2.24, 2.45) is 0 Å². The van der Waals surface area contributed by atoms with Crippen molar-refractivity contribution >= 4 is 23.6 Å². The van der Waals surface area contributed by atoms with Crippen molar-refractivity contribution in [2.45, 2.75) is 32.5 Å². The average Bonchev–Trinajstić information content (AvgIpc) is 3.00. The lowest BCUT2D eigenvalue weighted by molar-refractivity contribution is -0.126. The summed E-state index contributed by atoms with van der Waals surface area (Å²) in [6.45, 7) is 3.71. The lowest BCUT2D eigenvalue weighted by atomic mass is 10.0. The summed E-state index contributed by atoms with van der Waals surface area (Å²) in [7, 11) is 0. The van der Waals surface area contributed by atoms with Crippen LogP contribution in [-0.4, -0.2) is 35.4 Å². The quantitative estimate of drug-likeness (QED) is 0.782. The molecular weight excluding hydrogens is 377 g/mol. The molecule has 1 fully saturated rings. The number of nitrogens with zero attached hydrogens (tertiary/aromatic N) is 1. The second-order valence-electron chi connectivity index (χ2n) is 6.70. The number of nitrogens with one attached hydrogen (secondary N) is 2. The Hall–Kier alpha value is -3.42. The summed E-state index contributed by atoms with van der Waals surface area (Å²) >= 11 is 0. The van der Waals surface area contributed by atoms with Crippen LogP contribution < -0.4 is 10.6 Å². The largest absolute Gasteiger partial charge is 0.438 e. The van der Waals surface area contributed by atoms with Gasteiger partial charge in [-0.05, 0) is 42.3 Å². The molecule has 3 rings (SSSR count). The molecule has 2 aromatic carbocycles. The van der Waals surface area contributed by atoms with Crippen LogP contribution in [0, 0.1) is 5.82 Å². The fourth-order valence-corrected chi connectivity index (χ4v) is 3.23. The molecule has 2 unspecified atom stereocenters. The molecule has 1 heterocycles. The molecule has 0 bridgehead atoms. The van der Waals surface area contributed by atoms with Gasteiger partial charge >= 0.3 is 6.09 Å². The molecule has 0 saturated carbocycles. The van der Waals surface area contributed by atoms with E-state index in [9.17, 15) is 18.8 Å². The van der Waals surface area contributed by atoms with Crippen molar-refractivity contribution in [3.8, 4) is 0 Å². The molecule has 3 amide bonds. The van der Waals surface area contributed by atoms with Gasteiger partial charge in [0.15, 0.2) is 12.1 Å². The number of benzene rings is 2. The van der Waals surface area contributed by atoms with Gasteiger partial charge in [0.05, 0.1) is 6.54 Å². The minimum absolute atomic E-state index is 0.112. The molecule has 0 spiro atoms.